The predicted molar refractivity (Wildman–Crippen MR) is 89.3 cm³/mol. The Labute approximate surface area is 139 Å². The lowest BCUT2D eigenvalue weighted by molar-refractivity contribution is 0.493. The van der Waals surface area contributed by atoms with Gasteiger partial charge in [-0.2, -0.15) is 0 Å². The van der Waals surface area contributed by atoms with Crippen LogP contribution in [0.3, 0.4) is 0 Å². The molecule has 20 heavy (non-hydrogen) atoms. The quantitative estimate of drug-likeness (QED) is 0.548. The molecule has 2 atom stereocenters. The fourth-order valence-corrected chi connectivity index (χ4v) is 2.79. The zero-order valence-corrected chi connectivity index (χ0v) is 14.2. The molecule has 2 unspecified atom stereocenters. The maximum absolute atomic E-state index is 6.77. The van der Waals surface area contributed by atoms with Crippen LogP contribution in [-0.4, -0.2) is 0 Å². The van der Waals surface area contributed by atoms with Crippen LogP contribution in [0.25, 0.3) is 0 Å². The third-order valence-corrected chi connectivity index (χ3v) is 5.45. The zero-order chi connectivity index (χ0) is 15.0. The average Bonchev–Trinajstić information content (AvgIpc) is 2.39. The minimum absolute atomic E-state index is 0.670. The van der Waals surface area contributed by atoms with Crippen molar-refractivity contribution in [2.45, 2.75) is 23.6 Å². The highest BCUT2D eigenvalue weighted by Crippen LogP contribution is 2.50. The molecule has 0 spiro atoms. The molecule has 0 aliphatic rings. The Morgan fingerprint density at radius 2 is 0.850 bits per heavy atom. The molecule has 0 bridgehead atoms. The van der Waals surface area contributed by atoms with Crippen LogP contribution < -0.4 is 0 Å². The largest absolute Gasteiger partial charge is 0.112 e. The first kappa shape index (κ1) is 16.0. The highest BCUT2D eigenvalue weighted by Gasteiger charge is 2.44. The second-order valence-electron chi connectivity index (χ2n) is 5.02. The first-order valence-corrected chi connectivity index (χ1v) is 7.66. The van der Waals surface area contributed by atoms with E-state index in [4.69, 9.17) is 46.4 Å². The number of alkyl halides is 2. The normalized spacial score (nSPS) is 17.3. The molecule has 0 aromatic heterocycles. The minimum atomic E-state index is -0.785. The van der Waals surface area contributed by atoms with Crippen molar-refractivity contribution in [3.63, 3.8) is 0 Å². The topological polar surface area (TPSA) is 0 Å². The van der Waals surface area contributed by atoms with Crippen molar-refractivity contribution in [2.75, 3.05) is 0 Å². The monoisotopic (exact) mass is 346 g/mol. The molecule has 0 aliphatic carbocycles. The van der Waals surface area contributed by atoms with Crippen molar-refractivity contribution in [3.05, 3.63) is 69.7 Å². The fourth-order valence-electron chi connectivity index (χ4n) is 2.07. The molecule has 0 heterocycles. The first-order chi connectivity index (χ1) is 9.25. The van der Waals surface area contributed by atoms with Gasteiger partial charge < -0.3 is 0 Å². The average molecular weight is 348 g/mol. The molecular weight excluding hydrogens is 334 g/mol. The molecule has 4 heteroatoms. The van der Waals surface area contributed by atoms with Gasteiger partial charge in [-0.25, -0.2) is 0 Å². The summed E-state index contributed by atoms with van der Waals surface area (Å²) >= 11 is 25.4. The summed E-state index contributed by atoms with van der Waals surface area (Å²) in [5.74, 6) is 0. The summed E-state index contributed by atoms with van der Waals surface area (Å²) in [6.45, 7) is 3.80. The van der Waals surface area contributed by atoms with Crippen LogP contribution in [-0.2, 0) is 9.75 Å². The van der Waals surface area contributed by atoms with Crippen LogP contribution in [0.2, 0.25) is 10.0 Å². The van der Waals surface area contributed by atoms with E-state index in [1.54, 1.807) is 0 Å². The van der Waals surface area contributed by atoms with Crippen molar-refractivity contribution in [2.24, 2.45) is 0 Å². The lowest BCUT2D eigenvalue weighted by atomic mass is 9.82. The summed E-state index contributed by atoms with van der Waals surface area (Å²) in [6.07, 6.45) is 0. The summed E-state index contributed by atoms with van der Waals surface area (Å²) in [6, 6.07) is 14.8. The first-order valence-electron chi connectivity index (χ1n) is 6.15. The second-order valence-corrected chi connectivity index (χ2v) is 7.40. The van der Waals surface area contributed by atoms with Crippen molar-refractivity contribution >= 4 is 46.4 Å². The molecule has 0 nitrogen and oxygen atoms in total. The Kier molecular flexibility index (Phi) is 4.61. The van der Waals surface area contributed by atoms with Crippen LogP contribution >= 0.6 is 46.4 Å². The smallest absolute Gasteiger partial charge is 0.0896 e. The molecule has 0 radical (unpaired) electrons. The van der Waals surface area contributed by atoms with Gasteiger partial charge in [0.1, 0.15) is 0 Å². The van der Waals surface area contributed by atoms with Crippen LogP contribution in [0.4, 0.5) is 0 Å². The highest BCUT2D eigenvalue weighted by molar-refractivity contribution is 6.35. The maximum Gasteiger partial charge on any atom is 0.0896 e. The van der Waals surface area contributed by atoms with Crippen molar-refractivity contribution in [1.82, 2.24) is 0 Å². The van der Waals surface area contributed by atoms with Gasteiger partial charge in [0.25, 0.3) is 0 Å². The molecule has 2 aromatic carbocycles. The van der Waals surface area contributed by atoms with Crippen LogP contribution in [0, 0.1) is 0 Å². The molecule has 2 aromatic rings. The van der Waals surface area contributed by atoms with Gasteiger partial charge in [0.2, 0.25) is 0 Å². The maximum atomic E-state index is 6.77. The van der Waals surface area contributed by atoms with E-state index in [-0.39, 0.29) is 0 Å². The second kappa shape index (κ2) is 5.77. The number of hydrogen-bond donors (Lipinski definition) is 0. The van der Waals surface area contributed by atoms with E-state index in [9.17, 15) is 0 Å². The Balaban J connectivity index is 2.45. The Morgan fingerprint density at radius 3 is 1.10 bits per heavy atom. The molecule has 0 fully saturated rings. The standard InChI is InChI=1S/C16H14Cl4/c1-15(19,11-3-7-13(17)8-4-11)16(2,20)12-5-9-14(18)10-6-12/h3-10H,1-2H3. The van der Waals surface area contributed by atoms with Gasteiger partial charge in [-0.15, -0.1) is 23.2 Å². The van der Waals surface area contributed by atoms with E-state index >= 15 is 0 Å². The van der Waals surface area contributed by atoms with E-state index in [1.165, 1.54) is 0 Å². The lowest BCUT2D eigenvalue weighted by Gasteiger charge is -2.38. The number of benzene rings is 2. The summed E-state index contributed by atoms with van der Waals surface area (Å²) in [5, 5.41) is 1.34. The molecular formula is C16H14Cl4. The summed E-state index contributed by atoms with van der Waals surface area (Å²) in [4.78, 5) is -1.57. The number of hydrogen-bond acceptors (Lipinski definition) is 0. The number of halogens is 4. The predicted octanol–water partition coefficient (Wildman–Crippen LogP) is 6.60. The van der Waals surface area contributed by atoms with Crippen molar-refractivity contribution in [1.29, 1.82) is 0 Å². The SMILES string of the molecule is CC(Cl)(c1ccc(Cl)cc1)C(C)(Cl)c1ccc(Cl)cc1. The van der Waals surface area contributed by atoms with Crippen LogP contribution in [0.1, 0.15) is 25.0 Å². The Morgan fingerprint density at radius 1 is 0.600 bits per heavy atom. The minimum Gasteiger partial charge on any atom is -0.112 e. The van der Waals surface area contributed by atoms with Gasteiger partial charge in [-0.1, -0.05) is 47.5 Å². The van der Waals surface area contributed by atoms with E-state index in [0.29, 0.717) is 10.0 Å². The van der Waals surface area contributed by atoms with Gasteiger partial charge in [-0.05, 0) is 49.2 Å². The number of rotatable bonds is 3. The van der Waals surface area contributed by atoms with Gasteiger partial charge >= 0.3 is 0 Å². The van der Waals surface area contributed by atoms with Gasteiger partial charge in [-0.3, -0.25) is 0 Å². The van der Waals surface area contributed by atoms with Gasteiger partial charge in [0, 0.05) is 10.0 Å². The molecule has 0 aliphatic heterocycles. The molecule has 0 saturated carbocycles. The van der Waals surface area contributed by atoms with Gasteiger partial charge in [0.15, 0.2) is 0 Å². The van der Waals surface area contributed by atoms with Crippen molar-refractivity contribution < 1.29 is 0 Å². The summed E-state index contributed by atoms with van der Waals surface area (Å²) < 4.78 is 0. The van der Waals surface area contributed by atoms with Crippen LogP contribution in [0.15, 0.2) is 48.5 Å². The molecule has 106 valence electrons. The molecule has 2 rings (SSSR count). The molecule has 0 amide bonds. The Bertz CT molecular complexity index is 527. The third kappa shape index (κ3) is 2.94. The summed E-state index contributed by atoms with van der Waals surface area (Å²) in [5.41, 5.74) is 1.83. The zero-order valence-electron chi connectivity index (χ0n) is 11.1. The van der Waals surface area contributed by atoms with E-state index in [1.807, 2.05) is 62.4 Å². The van der Waals surface area contributed by atoms with E-state index in [0.717, 1.165) is 11.1 Å². The van der Waals surface area contributed by atoms with Crippen molar-refractivity contribution in [3.8, 4) is 0 Å². The van der Waals surface area contributed by atoms with E-state index < -0.39 is 9.75 Å². The van der Waals surface area contributed by atoms with Gasteiger partial charge in [0.05, 0.1) is 9.75 Å². The molecule has 0 saturated heterocycles. The lowest BCUT2D eigenvalue weighted by Crippen LogP contribution is -2.36. The summed E-state index contributed by atoms with van der Waals surface area (Å²) in [7, 11) is 0. The van der Waals surface area contributed by atoms with Crippen LogP contribution in [0.5, 0.6) is 0 Å². The third-order valence-electron chi connectivity index (χ3n) is 3.65. The molecule has 0 N–H and O–H groups in total. The highest BCUT2D eigenvalue weighted by atomic mass is 35.5. The van der Waals surface area contributed by atoms with E-state index in [2.05, 4.69) is 0 Å². The fraction of sp³-hybridized carbons (Fsp3) is 0.250. The Hall–Kier alpha value is -0.400.